The minimum absolute atomic E-state index is 0.135. The Labute approximate surface area is 134 Å². The number of carbonyl (C=O) groups is 2. The number of fused-ring (bicyclic) bond motifs is 2. The third kappa shape index (κ3) is 3.21. The molecular weight excluding hydrogens is 294 g/mol. The Kier molecular flexibility index (Phi) is 4.32. The highest BCUT2D eigenvalue weighted by Crippen LogP contribution is 2.23. The van der Waals surface area contributed by atoms with Crippen LogP contribution in [0.15, 0.2) is 12.1 Å². The Balaban J connectivity index is 1.89. The second-order valence-corrected chi connectivity index (χ2v) is 5.70. The second-order valence-electron chi connectivity index (χ2n) is 5.70. The van der Waals surface area contributed by atoms with Crippen LogP contribution in [-0.2, 0) is 33.6 Å². The molecule has 0 bridgehead atoms. The van der Waals surface area contributed by atoms with Crippen molar-refractivity contribution >= 4 is 22.9 Å². The Morgan fingerprint density at radius 2 is 2.17 bits per heavy atom. The molecule has 1 N–H and O–H groups in total. The number of benzene rings is 1. The van der Waals surface area contributed by atoms with Crippen LogP contribution in [0.3, 0.4) is 0 Å². The third-order valence-corrected chi connectivity index (χ3v) is 4.20. The van der Waals surface area contributed by atoms with Gasteiger partial charge in [0.05, 0.1) is 24.1 Å². The van der Waals surface area contributed by atoms with Crippen LogP contribution in [0.2, 0.25) is 0 Å². The summed E-state index contributed by atoms with van der Waals surface area (Å²) in [6.45, 7) is 5.63. The fraction of sp³-hybridized carbons (Fsp3) is 0.471. The normalized spacial score (nSPS) is 14.7. The highest BCUT2D eigenvalue weighted by molar-refractivity contribution is 5.84. The predicted molar refractivity (Wildman–Crippen MR) is 86.1 cm³/mol. The summed E-state index contributed by atoms with van der Waals surface area (Å²) in [5, 5.41) is 0. The number of likely N-dealkylation sites (N-methyl/N-ethyl adjacent to an activating group) is 1. The van der Waals surface area contributed by atoms with E-state index >= 15 is 0 Å². The number of H-pyrrole nitrogens is 1. The van der Waals surface area contributed by atoms with E-state index in [2.05, 4.69) is 9.97 Å². The summed E-state index contributed by atoms with van der Waals surface area (Å²) >= 11 is 0. The summed E-state index contributed by atoms with van der Waals surface area (Å²) in [7, 11) is 0. The number of hydrogen-bond donors (Lipinski definition) is 1. The summed E-state index contributed by atoms with van der Waals surface area (Å²) < 4.78 is 4.95. The van der Waals surface area contributed by atoms with Crippen molar-refractivity contribution in [3.63, 3.8) is 0 Å². The molecule has 6 heteroatoms. The fourth-order valence-electron chi connectivity index (χ4n) is 3.02. The molecule has 0 unspecified atom stereocenters. The Morgan fingerprint density at radius 1 is 1.35 bits per heavy atom. The van der Waals surface area contributed by atoms with Crippen LogP contribution in [0.25, 0.3) is 11.0 Å². The Morgan fingerprint density at radius 3 is 2.91 bits per heavy atom. The Hall–Kier alpha value is -2.37. The van der Waals surface area contributed by atoms with Gasteiger partial charge in [-0.15, -0.1) is 0 Å². The zero-order valence-electron chi connectivity index (χ0n) is 13.5. The molecule has 0 spiro atoms. The quantitative estimate of drug-likeness (QED) is 0.870. The molecule has 0 saturated heterocycles. The van der Waals surface area contributed by atoms with Crippen molar-refractivity contribution in [2.45, 2.75) is 33.1 Å². The van der Waals surface area contributed by atoms with Gasteiger partial charge < -0.3 is 14.6 Å². The molecule has 0 saturated carbocycles. The molecule has 23 heavy (non-hydrogen) atoms. The lowest BCUT2D eigenvalue weighted by Gasteiger charge is -2.17. The number of aromatic amines is 1. The largest absolute Gasteiger partial charge is 0.466 e. The van der Waals surface area contributed by atoms with Crippen LogP contribution in [0, 0.1) is 0 Å². The van der Waals surface area contributed by atoms with Crippen molar-refractivity contribution < 1.29 is 14.3 Å². The van der Waals surface area contributed by atoms with E-state index in [9.17, 15) is 9.59 Å². The number of amides is 1. The molecule has 1 aromatic heterocycles. The number of nitrogens with one attached hydrogen (secondary N) is 1. The smallest absolute Gasteiger partial charge is 0.313 e. The van der Waals surface area contributed by atoms with Gasteiger partial charge in [-0.3, -0.25) is 9.59 Å². The van der Waals surface area contributed by atoms with Crippen LogP contribution in [0.4, 0.5) is 0 Å². The second kappa shape index (κ2) is 6.40. The van der Waals surface area contributed by atoms with Crippen LogP contribution in [0.5, 0.6) is 0 Å². The summed E-state index contributed by atoms with van der Waals surface area (Å²) in [4.78, 5) is 33.3. The molecule has 0 radical (unpaired) electrons. The van der Waals surface area contributed by atoms with Crippen LogP contribution >= 0.6 is 0 Å². The van der Waals surface area contributed by atoms with Crippen LogP contribution in [0.1, 0.15) is 30.8 Å². The minimum atomic E-state index is -0.290. The molecule has 0 fully saturated rings. The molecule has 0 aliphatic carbocycles. The molecule has 122 valence electrons. The van der Waals surface area contributed by atoms with E-state index in [1.165, 1.54) is 0 Å². The zero-order chi connectivity index (χ0) is 16.4. The number of carbonyl (C=O) groups excluding carboxylic acids is 2. The number of imidazole rings is 1. The van der Waals surface area contributed by atoms with Gasteiger partial charge in [0.25, 0.3) is 0 Å². The minimum Gasteiger partial charge on any atom is -0.466 e. The van der Waals surface area contributed by atoms with Gasteiger partial charge in [-0.05, 0) is 43.5 Å². The molecule has 6 nitrogen and oxygen atoms in total. The van der Waals surface area contributed by atoms with Gasteiger partial charge in [0, 0.05) is 13.1 Å². The highest BCUT2D eigenvalue weighted by atomic mass is 16.5. The van der Waals surface area contributed by atoms with Crippen LogP contribution in [-0.4, -0.2) is 46.4 Å². The predicted octanol–water partition coefficient (Wildman–Crippen LogP) is 1.62. The number of esters is 1. The van der Waals surface area contributed by atoms with Crippen molar-refractivity contribution in [2.24, 2.45) is 0 Å². The first-order chi connectivity index (χ1) is 11.1. The summed E-state index contributed by atoms with van der Waals surface area (Å²) in [5.74, 6) is 0.471. The third-order valence-electron chi connectivity index (χ3n) is 4.20. The maximum Gasteiger partial charge on any atom is 0.313 e. The van der Waals surface area contributed by atoms with Crippen molar-refractivity contribution in [3.05, 3.63) is 29.1 Å². The van der Waals surface area contributed by atoms with E-state index < -0.39 is 0 Å². The van der Waals surface area contributed by atoms with E-state index in [1.54, 1.807) is 6.92 Å². The molecule has 1 aromatic carbocycles. The lowest BCUT2D eigenvalue weighted by Crippen LogP contribution is -2.31. The lowest BCUT2D eigenvalue weighted by atomic mass is 10.0. The van der Waals surface area contributed by atoms with Gasteiger partial charge in [-0.2, -0.15) is 0 Å². The number of hydrogen-bond acceptors (Lipinski definition) is 4. The molecular formula is C17H21N3O3. The number of ether oxygens (including phenoxy) is 1. The van der Waals surface area contributed by atoms with Crippen molar-refractivity contribution in [1.29, 1.82) is 0 Å². The van der Waals surface area contributed by atoms with Gasteiger partial charge in [0.2, 0.25) is 5.91 Å². The average molecular weight is 315 g/mol. The first-order valence-electron chi connectivity index (χ1n) is 8.04. The maximum atomic E-state index is 12.2. The summed E-state index contributed by atoms with van der Waals surface area (Å²) in [6.07, 6.45) is 1.39. The summed E-state index contributed by atoms with van der Waals surface area (Å²) in [6, 6.07) is 4.02. The van der Waals surface area contributed by atoms with E-state index in [4.69, 9.17) is 4.74 Å². The van der Waals surface area contributed by atoms with Crippen molar-refractivity contribution in [3.8, 4) is 0 Å². The molecule has 1 amide bonds. The van der Waals surface area contributed by atoms with Gasteiger partial charge in [0.15, 0.2) is 0 Å². The van der Waals surface area contributed by atoms with Crippen molar-refractivity contribution in [2.75, 3.05) is 19.7 Å². The average Bonchev–Trinajstić information content (AvgIpc) is 2.81. The monoisotopic (exact) mass is 315 g/mol. The van der Waals surface area contributed by atoms with Gasteiger partial charge >= 0.3 is 5.97 Å². The molecule has 1 aliphatic rings. The number of aromatic nitrogens is 2. The van der Waals surface area contributed by atoms with Gasteiger partial charge in [-0.1, -0.05) is 0 Å². The number of nitrogens with zero attached hydrogens (tertiary/aromatic N) is 2. The highest BCUT2D eigenvalue weighted by Gasteiger charge is 2.20. The van der Waals surface area contributed by atoms with Gasteiger partial charge in [0.1, 0.15) is 12.2 Å². The molecule has 2 aromatic rings. The van der Waals surface area contributed by atoms with E-state index in [0.717, 1.165) is 41.7 Å². The summed E-state index contributed by atoms with van der Waals surface area (Å²) in [5.41, 5.74) is 3.90. The topological polar surface area (TPSA) is 75.3 Å². The molecule has 0 atom stereocenters. The molecule has 1 aliphatic heterocycles. The first-order valence-corrected chi connectivity index (χ1v) is 8.04. The van der Waals surface area contributed by atoms with E-state index in [0.29, 0.717) is 18.9 Å². The maximum absolute atomic E-state index is 12.2. The van der Waals surface area contributed by atoms with E-state index in [1.807, 2.05) is 24.0 Å². The standard InChI is InChI=1S/C17H21N3O3/c1-3-20-6-5-11-7-13-14(8-12(11)9-16(20)21)19-15(18-13)10-17(22)23-4-2/h7-8H,3-6,9-10H2,1-2H3,(H,18,19). The SMILES string of the molecule is CCOC(=O)Cc1nc2cc3c(cc2[nH]1)CC(=O)N(CC)CC3. The van der Waals surface area contributed by atoms with Gasteiger partial charge in [-0.25, -0.2) is 4.98 Å². The van der Waals surface area contributed by atoms with Crippen LogP contribution < -0.4 is 0 Å². The van der Waals surface area contributed by atoms with E-state index in [-0.39, 0.29) is 18.3 Å². The Bertz CT molecular complexity index is 751. The number of rotatable bonds is 4. The zero-order valence-corrected chi connectivity index (χ0v) is 13.5. The molecule has 3 rings (SSSR count). The lowest BCUT2D eigenvalue weighted by molar-refractivity contribution is -0.142. The fourth-order valence-corrected chi connectivity index (χ4v) is 3.02. The molecule has 2 heterocycles. The first kappa shape index (κ1) is 15.5. The van der Waals surface area contributed by atoms with Crippen molar-refractivity contribution in [1.82, 2.24) is 14.9 Å².